The molecular formula is C9H7BrN2OS. The lowest BCUT2D eigenvalue weighted by molar-refractivity contribution is 0.750. The van der Waals surface area contributed by atoms with Gasteiger partial charge in [-0.3, -0.25) is 9.78 Å². The number of aromatic nitrogens is 2. The van der Waals surface area contributed by atoms with Crippen LogP contribution in [0.1, 0.15) is 5.56 Å². The molecule has 0 atom stereocenters. The first kappa shape index (κ1) is 9.61. The van der Waals surface area contributed by atoms with Gasteiger partial charge in [-0.05, 0) is 32.9 Å². The molecular weight excluding hydrogens is 264 g/mol. The second-order valence-electron chi connectivity index (χ2n) is 2.80. The van der Waals surface area contributed by atoms with Gasteiger partial charge in [0.05, 0.1) is 16.5 Å². The van der Waals surface area contributed by atoms with Gasteiger partial charge < -0.3 is 4.57 Å². The number of halogens is 1. The summed E-state index contributed by atoms with van der Waals surface area (Å²) < 4.78 is 2.70. The van der Waals surface area contributed by atoms with Gasteiger partial charge in [-0.1, -0.05) is 0 Å². The van der Waals surface area contributed by atoms with Crippen molar-refractivity contribution < 1.29 is 0 Å². The first-order chi connectivity index (χ1) is 6.75. The van der Waals surface area contributed by atoms with Gasteiger partial charge in [-0.15, -0.1) is 11.3 Å². The summed E-state index contributed by atoms with van der Waals surface area (Å²) in [6.07, 6.45) is 4.62. The monoisotopic (exact) mass is 270 g/mol. The van der Waals surface area contributed by atoms with Crippen molar-refractivity contribution in [3.8, 4) is 0 Å². The summed E-state index contributed by atoms with van der Waals surface area (Å²) in [6.45, 7) is 0.601. The highest BCUT2D eigenvalue weighted by atomic mass is 79.9. The first-order valence-corrected chi connectivity index (χ1v) is 5.66. The molecule has 0 aliphatic carbocycles. The van der Waals surface area contributed by atoms with Crippen LogP contribution in [0.4, 0.5) is 0 Å². The van der Waals surface area contributed by atoms with Gasteiger partial charge in [-0.2, -0.15) is 0 Å². The summed E-state index contributed by atoms with van der Waals surface area (Å²) in [5.41, 5.74) is 1.05. The Bertz CT molecular complexity index is 491. The van der Waals surface area contributed by atoms with E-state index < -0.39 is 0 Å². The van der Waals surface area contributed by atoms with Crippen molar-refractivity contribution in [1.82, 2.24) is 9.55 Å². The fraction of sp³-hybridized carbons (Fsp3) is 0.111. The quantitative estimate of drug-likeness (QED) is 0.838. The average Bonchev–Trinajstić information content (AvgIpc) is 2.56. The highest BCUT2D eigenvalue weighted by molar-refractivity contribution is 9.11. The summed E-state index contributed by atoms with van der Waals surface area (Å²) in [5.74, 6) is 0. The molecule has 0 radical (unpaired) electrons. The third-order valence-corrected chi connectivity index (χ3v) is 3.33. The minimum atomic E-state index is -0.0742. The Kier molecular flexibility index (Phi) is 2.79. The molecule has 0 spiro atoms. The molecule has 0 aromatic carbocycles. The molecule has 0 aliphatic heterocycles. The van der Waals surface area contributed by atoms with Crippen molar-refractivity contribution in [3.05, 3.63) is 49.7 Å². The highest BCUT2D eigenvalue weighted by Crippen LogP contribution is 2.20. The molecule has 0 fully saturated rings. The molecule has 0 amide bonds. The van der Waals surface area contributed by atoms with Crippen molar-refractivity contribution in [2.45, 2.75) is 6.54 Å². The van der Waals surface area contributed by atoms with Crippen LogP contribution in [-0.4, -0.2) is 9.55 Å². The Morgan fingerprint density at radius 3 is 3.07 bits per heavy atom. The number of nitrogens with zero attached hydrogens (tertiary/aromatic N) is 2. The molecule has 5 heteroatoms. The van der Waals surface area contributed by atoms with Crippen molar-refractivity contribution in [2.24, 2.45) is 0 Å². The summed E-state index contributed by atoms with van der Waals surface area (Å²) in [6, 6.07) is 2.01. The maximum absolute atomic E-state index is 11.3. The predicted octanol–water partition coefficient (Wildman–Crippen LogP) is 2.12. The Hall–Kier alpha value is -0.940. The van der Waals surface area contributed by atoms with Gasteiger partial charge >= 0.3 is 0 Å². The topological polar surface area (TPSA) is 34.9 Å². The lowest BCUT2D eigenvalue weighted by Gasteiger charge is -2.01. The molecule has 2 aromatic heterocycles. The van der Waals surface area contributed by atoms with Gasteiger partial charge in [0.25, 0.3) is 5.56 Å². The van der Waals surface area contributed by atoms with E-state index in [2.05, 4.69) is 20.9 Å². The maximum atomic E-state index is 11.3. The zero-order valence-electron chi connectivity index (χ0n) is 7.18. The predicted molar refractivity (Wildman–Crippen MR) is 59.6 cm³/mol. The van der Waals surface area contributed by atoms with Crippen LogP contribution in [-0.2, 0) is 6.54 Å². The second kappa shape index (κ2) is 4.06. The molecule has 0 aliphatic rings. The average molecular weight is 271 g/mol. The van der Waals surface area contributed by atoms with E-state index >= 15 is 0 Å². The van der Waals surface area contributed by atoms with Gasteiger partial charge in [0.15, 0.2) is 0 Å². The summed E-state index contributed by atoms with van der Waals surface area (Å²) >= 11 is 5.00. The molecule has 2 heterocycles. The smallest absolute Gasteiger partial charge is 0.269 e. The van der Waals surface area contributed by atoms with Crippen molar-refractivity contribution >= 4 is 27.3 Å². The van der Waals surface area contributed by atoms with E-state index in [9.17, 15) is 4.79 Å². The van der Waals surface area contributed by atoms with Gasteiger partial charge in [-0.25, -0.2) is 0 Å². The molecule has 3 nitrogen and oxygen atoms in total. The molecule has 0 unspecified atom stereocenters. The summed E-state index contributed by atoms with van der Waals surface area (Å²) in [7, 11) is 0. The Balaban J connectivity index is 2.27. The summed E-state index contributed by atoms with van der Waals surface area (Å²) in [5, 5.41) is 2.02. The molecule has 0 N–H and O–H groups in total. The van der Waals surface area contributed by atoms with Crippen LogP contribution in [0.15, 0.2) is 38.6 Å². The molecule has 0 saturated carbocycles. The molecule has 2 rings (SSSR count). The largest absolute Gasteiger partial charge is 0.308 e. The fourth-order valence-corrected chi connectivity index (χ4v) is 2.33. The third-order valence-electron chi connectivity index (χ3n) is 1.78. The number of hydrogen-bond donors (Lipinski definition) is 0. The minimum absolute atomic E-state index is 0.0742. The van der Waals surface area contributed by atoms with E-state index in [1.807, 2.05) is 11.4 Å². The number of rotatable bonds is 2. The molecule has 72 valence electrons. The maximum Gasteiger partial charge on any atom is 0.269 e. The third kappa shape index (κ3) is 2.10. The summed E-state index contributed by atoms with van der Waals surface area (Å²) in [4.78, 5) is 15.1. The molecule has 2 aromatic rings. The van der Waals surface area contributed by atoms with Crippen LogP contribution in [0.25, 0.3) is 0 Å². The standard InChI is InChI=1S/C9H7BrN2OS/c10-8-3-7(6-14-8)5-12-2-1-11-4-9(12)13/h1-4,6H,5H2. The Morgan fingerprint density at radius 2 is 2.43 bits per heavy atom. The number of thiophene rings is 1. The zero-order valence-corrected chi connectivity index (χ0v) is 9.59. The second-order valence-corrected chi connectivity index (χ2v) is 5.09. The Labute approximate surface area is 93.2 Å². The highest BCUT2D eigenvalue weighted by Gasteiger charge is 1.99. The molecule has 0 saturated heterocycles. The molecule has 14 heavy (non-hydrogen) atoms. The van der Waals surface area contributed by atoms with Crippen LogP contribution >= 0.6 is 27.3 Å². The normalized spacial score (nSPS) is 10.4. The van der Waals surface area contributed by atoms with E-state index in [4.69, 9.17) is 0 Å². The van der Waals surface area contributed by atoms with Crippen molar-refractivity contribution in [1.29, 1.82) is 0 Å². The van der Waals surface area contributed by atoms with Crippen LogP contribution in [0.3, 0.4) is 0 Å². The van der Waals surface area contributed by atoms with Crippen molar-refractivity contribution in [3.63, 3.8) is 0 Å². The van der Waals surface area contributed by atoms with E-state index in [1.165, 1.54) is 6.20 Å². The SMILES string of the molecule is O=c1cnccn1Cc1csc(Br)c1. The lowest BCUT2D eigenvalue weighted by atomic mass is 10.3. The van der Waals surface area contributed by atoms with E-state index in [0.29, 0.717) is 6.54 Å². The van der Waals surface area contributed by atoms with Gasteiger partial charge in [0, 0.05) is 12.4 Å². The number of hydrogen-bond acceptors (Lipinski definition) is 3. The van der Waals surface area contributed by atoms with Crippen LogP contribution in [0.2, 0.25) is 0 Å². The molecule has 0 bridgehead atoms. The fourth-order valence-electron chi connectivity index (χ4n) is 1.13. The minimum Gasteiger partial charge on any atom is -0.308 e. The Morgan fingerprint density at radius 1 is 1.57 bits per heavy atom. The van der Waals surface area contributed by atoms with Gasteiger partial charge in [0.1, 0.15) is 0 Å². The van der Waals surface area contributed by atoms with Gasteiger partial charge in [0.2, 0.25) is 0 Å². The first-order valence-electron chi connectivity index (χ1n) is 3.99. The van der Waals surface area contributed by atoms with Crippen LogP contribution in [0, 0.1) is 0 Å². The van der Waals surface area contributed by atoms with Crippen LogP contribution < -0.4 is 5.56 Å². The van der Waals surface area contributed by atoms with E-state index in [1.54, 1.807) is 28.3 Å². The lowest BCUT2D eigenvalue weighted by Crippen LogP contribution is -2.18. The van der Waals surface area contributed by atoms with E-state index in [-0.39, 0.29) is 5.56 Å². The van der Waals surface area contributed by atoms with E-state index in [0.717, 1.165) is 9.35 Å². The van der Waals surface area contributed by atoms with Crippen molar-refractivity contribution in [2.75, 3.05) is 0 Å². The zero-order chi connectivity index (χ0) is 9.97. The van der Waals surface area contributed by atoms with Crippen LogP contribution in [0.5, 0.6) is 0 Å².